The first kappa shape index (κ1) is 14.7. The highest BCUT2D eigenvalue weighted by Crippen LogP contribution is 2.18. The van der Waals surface area contributed by atoms with E-state index in [1.165, 1.54) is 0 Å². The van der Waals surface area contributed by atoms with Crippen LogP contribution < -0.4 is 5.32 Å². The normalized spacial score (nSPS) is 12.1. The highest BCUT2D eigenvalue weighted by Gasteiger charge is 2.21. The van der Waals surface area contributed by atoms with Crippen LogP contribution in [-0.2, 0) is 4.74 Å². The van der Waals surface area contributed by atoms with Crippen LogP contribution in [0.1, 0.15) is 17.4 Å². The number of carbonyl (C=O) groups is 1. The van der Waals surface area contributed by atoms with Gasteiger partial charge in [-0.25, -0.2) is 4.98 Å². The van der Waals surface area contributed by atoms with Crippen molar-refractivity contribution in [2.24, 2.45) is 0 Å². The maximum Gasteiger partial charge on any atom is 0.274 e. The van der Waals surface area contributed by atoms with Crippen molar-refractivity contribution >= 4 is 23.3 Å². The summed E-state index contributed by atoms with van der Waals surface area (Å²) in [7, 11) is 5.04. The Morgan fingerprint density at radius 3 is 2.83 bits per heavy atom. The summed E-state index contributed by atoms with van der Waals surface area (Å²) in [6.45, 7) is 2.36. The third kappa shape index (κ3) is 3.34. The van der Waals surface area contributed by atoms with Crippen molar-refractivity contribution in [2.75, 3.05) is 33.1 Å². The molecule has 6 heteroatoms. The Morgan fingerprint density at radius 2 is 2.28 bits per heavy atom. The van der Waals surface area contributed by atoms with Gasteiger partial charge in [0.1, 0.15) is 11.5 Å². The van der Waals surface area contributed by atoms with Gasteiger partial charge in [0.15, 0.2) is 0 Å². The van der Waals surface area contributed by atoms with E-state index in [0.717, 1.165) is 0 Å². The van der Waals surface area contributed by atoms with E-state index >= 15 is 0 Å². The zero-order valence-electron chi connectivity index (χ0n) is 11.0. The molecule has 5 nitrogen and oxygen atoms in total. The van der Waals surface area contributed by atoms with Gasteiger partial charge in [0.25, 0.3) is 5.91 Å². The van der Waals surface area contributed by atoms with Crippen molar-refractivity contribution in [3.05, 3.63) is 22.8 Å². The number of hydrogen-bond acceptors (Lipinski definition) is 4. The van der Waals surface area contributed by atoms with Crippen molar-refractivity contribution in [3.8, 4) is 0 Å². The molecule has 1 atom stereocenters. The number of pyridine rings is 1. The van der Waals surface area contributed by atoms with E-state index in [1.54, 1.807) is 38.2 Å². The maximum atomic E-state index is 12.2. The van der Waals surface area contributed by atoms with Crippen LogP contribution in [0.25, 0.3) is 0 Å². The summed E-state index contributed by atoms with van der Waals surface area (Å²) < 4.78 is 5.03. The number of carbonyl (C=O) groups excluding carboxylic acids is 1. The third-order valence-electron chi connectivity index (χ3n) is 2.69. The quantitative estimate of drug-likeness (QED) is 0.888. The lowest BCUT2D eigenvalue weighted by Crippen LogP contribution is -2.38. The summed E-state index contributed by atoms with van der Waals surface area (Å²) in [4.78, 5) is 18.0. The number of likely N-dealkylation sites (N-methyl/N-ethyl adjacent to an activating group) is 1. The molecule has 1 amide bonds. The smallest absolute Gasteiger partial charge is 0.274 e. The molecule has 0 aliphatic heterocycles. The number of nitrogens with zero attached hydrogens (tertiary/aromatic N) is 2. The predicted octanol–water partition coefficient (Wildman–Crippen LogP) is 1.88. The molecule has 1 N–H and O–H groups in total. The van der Waals surface area contributed by atoms with Crippen LogP contribution in [0.3, 0.4) is 0 Å². The van der Waals surface area contributed by atoms with Gasteiger partial charge in [-0.2, -0.15) is 0 Å². The number of nitrogens with one attached hydrogen (secondary N) is 1. The number of halogens is 1. The zero-order valence-corrected chi connectivity index (χ0v) is 11.8. The molecule has 0 spiro atoms. The third-order valence-corrected chi connectivity index (χ3v) is 3.00. The van der Waals surface area contributed by atoms with Gasteiger partial charge < -0.3 is 15.0 Å². The molecule has 1 aromatic heterocycles. The molecule has 0 aliphatic carbocycles. The number of aromatic nitrogens is 1. The second-order valence-corrected chi connectivity index (χ2v) is 4.40. The molecule has 0 radical (unpaired) electrons. The Kier molecular flexibility index (Phi) is 5.37. The summed E-state index contributed by atoms with van der Waals surface area (Å²) in [5.74, 6) is 0.386. The lowest BCUT2D eigenvalue weighted by atomic mass is 10.2. The minimum atomic E-state index is -0.221. The molecule has 0 saturated heterocycles. The van der Waals surface area contributed by atoms with Gasteiger partial charge in [-0.1, -0.05) is 11.6 Å². The standard InChI is InChI=1S/C12H18ClN3O2/c1-8(7-18-4)16(3)12(17)11-9(13)5-6-10(14-2)15-11/h5-6,8H,7H2,1-4H3,(H,14,15). The average molecular weight is 272 g/mol. The van der Waals surface area contributed by atoms with E-state index in [0.29, 0.717) is 17.4 Å². The Morgan fingerprint density at radius 1 is 1.61 bits per heavy atom. The van der Waals surface area contributed by atoms with Crippen molar-refractivity contribution in [1.29, 1.82) is 0 Å². The van der Waals surface area contributed by atoms with E-state index in [1.807, 2.05) is 6.92 Å². The Labute approximate surface area is 112 Å². The first-order chi connectivity index (χ1) is 8.51. The summed E-state index contributed by atoms with van der Waals surface area (Å²) in [6, 6.07) is 3.33. The molecular weight excluding hydrogens is 254 g/mol. The molecule has 0 aliphatic rings. The van der Waals surface area contributed by atoms with Gasteiger partial charge in [0.2, 0.25) is 0 Å². The molecule has 0 saturated carbocycles. The topological polar surface area (TPSA) is 54.5 Å². The Bertz CT molecular complexity index is 426. The van der Waals surface area contributed by atoms with E-state index in [4.69, 9.17) is 16.3 Å². The molecule has 1 heterocycles. The predicted molar refractivity (Wildman–Crippen MR) is 72.2 cm³/mol. The van der Waals surface area contributed by atoms with E-state index < -0.39 is 0 Å². The average Bonchev–Trinajstić information content (AvgIpc) is 2.38. The second-order valence-electron chi connectivity index (χ2n) is 4.00. The molecule has 1 aromatic rings. The molecule has 0 aromatic carbocycles. The van der Waals surface area contributed by atoms with Gasteiger partial charge in [0.05, 0.1) is 17.7 Å². The van der Waals surface area contributed by atoms with Crippen molar-refractivity contribution < 1.29 is 9.53 Å². The van der Waals surface area contributed by atoms with Crippen LogP contribution in [0, 0.1) is 0 Å². The van der Waals surface area contributed by atoms with Crippen LogP contribution in [0.15, 0.2) is 12.1 Å². The lowest BCUT2D eigenvalue weighted by molar-refractivity contribution is 0.0628. The van der Waals surface area contributed by atoms with Gasteiger partial charge in [-0.15, -0.1) is 0 Å². The zero-order chi connectivity index (χ0) is 13.7. The largest absolute Gasteiger partial charge is 0.383 e. The fourth-order valence-corrected chi connectivity index (χ4v) is 1.64. The van der Waals surface area contributed by atoms with Crippen LogP contribution in [0.2, 0.25) is 5.02 Å². The van der Waals surface area contributed by atoms with E-state index in [2.05, 4.69) is 10.3 Å². The molecule has 1 unspecified atom stereocenters. The van der Waals surface area contributed by atoms with E-state index in [-0.39, 0.29) is 17.6 Å². The highest BCUT2D eigenvalue weighted by atomic mass is 35.5. The number of methoxy groups -OCH3 is 1. The summed E-state index contributed by atoms with van der Waals surface area (Å²) in [6.07, 6.45) is 0. The summed E-state index contributed by atoms with van der Waals surface area (Å²) >= 11 is 6.00. The SMILES string of the molecule is CNc1ccc(Cl)c(C(=O)N(C)C(C)COC)n1. The highest BCUT2D eigenvalue weighted by molar-refractivity contribution is 6.33. The Balaban J connectivity index is 2.95. The fraction of sp³-hybridized carbons (Fsp3) is 0.500. The Hall–Kier alpha value is -1.33. The number of ether oxygens (including phenoxy) is 1. The molecular formula is C12H18ClN3O2. The van der Waals surface area contributed by atoms with Crippen LogP contribution in [-0.4, -0.2) is 49.6 Å². The first-order valence-electron chi connectivity index (χ1n) is 5.61. The van der Waals surface area contributed by atoms with Crippen LogP contribution >= 0.6 is 11.6 Å². The minimum absolute atomic E-state index is 0.0430. The fourth-order valence-electron chi connectivity index (χ4n) is 1.45. The van der Waals surface area contributed by atoms with Gasteiger partial charge in [0, 0.05) is 21.2 Å². The molecule has 0 fully saturated rings. The van der Waals surface area contributed by atoms with Gasteiger partial charge in [-0.05, 0) is 19.1 Å². The minimum Gasteiger partial charge on any atom is -0.383 e. The van der Waals surface area contributed by atoms with Crippen molar-refractivity contribution in [3.63, 3.8) is 0 Å². The van der Waals surface area contributed by atoms with E-state index in [9.17, 15) is 4.79 Å². The van der Waals surface area contributed by atoms with Crippen molar-refractivity contribution in [1.82, 2.24) is 9.88 Å². The number of rotatable bonds is 5. The maximum absolute atomic E-state index is 12.2. The van der Waals surface area contributed by atoms with Crippen LogP contribution in [0.5, 0.6) is 0 Å². The molecule has 18 heavy (non-hydrogen) atoms. The van der Waals surface area contributed by atoms with Gasteiger partial charge in [-0.3, -0.25) is 4.79 Å². The van der Waals surface area contributed by atoms with Gasteiger partial charge >= 0.3 is 0 Å². The number of anilines is 1. The number of hydrogen-bond donors (Lipinski definition) is 1. The molecule has 0 bridgehead atoms. The number of amides is 1. The lowest BCUT2D eigenvalue weighted by Gasteiger charge is -2.24. The molecule has 100 valence electrons. The first-order valence-corrected chi connectivity index (χ1v) is 5.99. The van der Waals surface area contributed by atoms with Crippen molar-refractivity contribution in [2.45, 2.75) is 13.0 Å². The monoisotopic (exact) mass is 271 g/mol. The summed E-state index contributed by atoms with van der Waals surface area (Å²) in [5.41, 5.74) is 0.244. The second kappa shape index (κ2) is 6.56. The summed E-state index contributed by atoms with van der Waals surface area (Å²) in [5, 5.41) is 3.22. The molecule has 1 rings (SSSR count). The van der Waals surface area contributed by atoms with Crippen LogP contribution in [0.4, 0.5) is 5.82 Å².